The van der Waals surface area contributed by atoms with E-state index in [1.54, 1.807) is 0 Å². The number of nitrogens with two attached hydrogens (primary N) is 1. The SMILES string of the molecule is NC(=O)c1ccnc(Br)n1. The molecule has 0 aliphatic heterocycles. The Bertz CT molecular complexity index is 263. The number of carbonyl (C=O) groups is 1. The van der Waals surface area contributed by atoms with Crippen LogP contribution in [0.5, 0.6) is 0 Å². The second-order valence-electron chi connectivity index (χ2n) is 1.58. The standard InChI is InChI=1S/C5H4BrN3O/c6-5-8-2-1-3(9-5)4(7)10/h1-2H,(H2,7,10). The molecule has 1 aromatic heterocycles. The van der Waals surface area contributed by atoms with E-state index < -0.39 is 5.91 Å². The van der Waals surface area contributed by atoms with Crippen LogP contribution in [0.3, 0.4) is 0 Å². The van der Waals surface area contributed by atoms with Gasteiger partial charge in [0.05, 0.1) is 0 Å². The summed E-state index contributed by atoms with van der Waals surface area (Å²) in [5, 5.41) is 0. The Kier molecular flexibility index (Phi) is 1.96. The first kappa shape index (κ1) is 7.14. The maximum Gasteiger partial charge on any atom is 0.267 e. The molecule has 0 aromatic carbocycles. The molecule has 0 radical (unpaired) electrons. The van der Waals surface area contributed by atoms with Gasteiger partial charge in [-0.1, -0.05) is 0 Å². The van der Waals surface area contributed by atoms with Crippen LogP contribution in [0.1, 0.15) is 10.5 Å². The lowest BCUT2D eigenvalue weighted by molar-refractivity contribution is 0.0995. The highest BCUT2D eigenvalue weighted by Crippen LogP contribution is 2.00. The van der Waals surface area contributed by atoms with Crippen LogP contribution in [0.25, 0.3) is 0 Å². The highest BCUT2D eigenvalue weighted by molar-refractivity contribution is 9.10. The molecule has 0 aliphatic rings. The molecule has 1 aromatic rings. The van der Waals surface area contributed by atoms with Gasteiger partial charge in [-0.05, 0) is 22.0 Å². The molecular weight excluding hydrogens is 198 g/mol. The zero-order valence-corrected chi connectivity index (χ0v) is 6.50. The summed E-state index contributed by atoms with van der Waals surface area (Å²) in [6.07, 6.45) is 1.46. The summed E-state index contributed by atoms with van der Waals surface area (Å²) >= 11 is 3.00. The Labute approximate surface area is 65.6 Å². The number of amides is 1. The van der Waals surface area contributed by atoms with E-state index in [0.29, 0.717) is 4.73 Å². The van der Waals surface area contributed by atoms with E-state index in [4.69, 9.17) is 5.73 Å². The Morgan fingerprint density at radius 2 is 2.40 bits per heavy atom. The van der Waals surface area contributed by atoms with E-state index in [1.807, 2.05) is 0 Å². The number of rotatable bonds is 1. The minimum atomic E-state index is -0.553. The van der Waals surface area contributed by atoms with Crippen molar-refractivity contribution in [2.24, 2.45) is 5.73 Å². The summed E-state index contributed by atoms with van der Waals surface area (Å²) in [5.74, 6) is -0.553. The van der Waals surface area contributed by atoms with Crippen LogP contribution in [0, 0.1) is 0 Å². The molecular formula is C5H4BrN3O. The molecule has 2 N–H and O–H groups in total. The molecule has 0 unspecified atom stereocenters. The van der Waals surface area contributed by atoms with E-state index in [9.17, 15) is 4.79 Å². The van der Waals surface area contributed by atoms with Crippen LogP contribution in [0.2, 0.25) is 0 Å². The summed E-state index contributed by atoms with van der Waals surface area (Å²) in [4.78, 5) is 17.9. The molecule has 1 heterocycles. The third-order valence-corrected chi connectivity index (χ3v) is 1.26. The van der Waals surface area contributed by atoms with Crippen molar-refractivity contribution in [1.82, 2.24) is 9.97 Å². The van der Waals surface area contributed by atoms with Gasteiger partial charge in [0, 0.05) is 6.20 Å². The average molecular weight is 202 g/mol. The molecule has 52 valence electrons. The van der Waals surface area contributed by atoms with Gasteiger partial charge in [-0.3, -0.25) is 4.79 Å². The highest BCUT2D eigenvalue weighted by Gasteiger charge is 2.00. The molecule has 0 fully saturated rings. The number of halogens is 1. The fourth-order valence-corrected chi connectivity index (χ4v) is 0.781. The van der Waals surface area contributed by atoms with Gasteiger partial charge >= 0.3 is 0 Å². The van der Waals surface area contributed by atoms with Gasteiger partial charge in [0.25, 0.3) is 5.91 Å². The zero-order valence-electron chi connectivity index (χ0n) is 4.91. The summed E-state index contributed by atoms with van der Waals surface area (Å²) in [7, 11) is 0. The van der Waals surface area contributed by atoms with E-state index in [2.05, 4.69) is 25.9 Å². The molecule has 0 saturated heterocycles. The molecule has 0 aliphatic carbocycles. The van der Waals surface area contributed by atoms with Crippen LogP contribution in [0.15, 0.2) is 17.0 Å². The molecule has 0 saturated carbocycles. The smallest absolute Gasteiger partial charge is 0.267 e. The molecule has 5 heteroatoms. The third kappa shape index (κ3) is 1.51. The lowest BCUT2D eigenvalue weighted by Gasteiger charge is -1.91. The Hall–Kier alpha value is -0.970. The Balaban J connectivity index is 3.07. The lowest BCUT2D eigenvalue weighted by Crippen LogP contribution is -2.13. The van der Waals surface area contributed by atoms with Crippen molar-refractivity contribution >= 4 is 21.8 Å². The number of aromatic nitrogens is 2. The fourth-order valence-electron chi connectivity index (χ4n) is 0.472. The number of hydrogen-bond donors (Lipinski definition) is 1. The number of carbonyl (C=O) groups excluding carboxylic acids is 1. The Morgan fingerprint density at radius 1 is 1.70 bits per heavy atom. The fraction of sp³-hybridized carbons (Fsp3) is 0. The first-order valence-electron chi connectivity index (χ1n) is 2.48. The molecule has 10 heavy (non-hydrogen) atoms. The molecule has 4 nitrogen and oxygen atoms in total. The van der Waals surface area contributed by atoms with Crippen molar-refractivity contribution in [3.8, 4) is 0 Å². The first-order valence-corrected chi connectivity index (χ1v) is 3.28. The predicted octanol–water partition coefficient (Wildman–Crippen LogP) is 0.338. The molecule has 0 atom stereocenters. The van der Waals surface area contributed by atoms with Gasteiger partial charge in [-0.2, -0.15) is 0 Å². The van der Waals surface area contributed by atoms with Gasteiger partial charge in [-0.25, -0.2) is 9.97 Å². The van der Waals surface area contributed by atoms with Crippen molar-refractivity contribution in [2.75, 3.05) is 0 Å². The van der Waals surface area contributed by atoms with Crippen molar-refractivity contribution in [3.05, 3.63) is 22.7 Å². The largest absolute Gasteiger partial charge is 0.364 e. The summed E-state index contributed by atoms with van der Waals surface area (Å²) in [5.41, 5.74) is 5.14. The van der Waals surface area contributed by atoms with E-state index >= 15 is 0 Å². The van der Waals surface area contributed by atoms with Crippen molar-refractivity contribution < 1.29 is 4.79 Å². The van der Waals surface area contributed by atoms with E-state index in [1.165, 1.54) is 12.3 Å². The van der Waals surface area contributed by atoms with Crippen molar-refractivity contribution in [3.63, 3.8) is 0 Å². The van der Waals surface area contributed by atoms with Gasteiger partial charge < -0.3 is 5.73 Å². The van der Waals surface area contributed by atoms with Crippen LogP contribution in [-0.4, -0.2) is 15.9 Å². The summed E-state index contributed by atoms with van der Waals surface area (Å²) < 4.78 is 0.365. The van der Waals surface area contributed by atoms with Crippen molar-refractivity contribution in [1.29, 1.82) is 0 Å². The maximum atomic E-state index is 10.5. The van der Waals surface area contributed by atoms with Crippen LogP contribution >= 0.6 is 15.9 Å². The molecule has 0 spiro atoms. The maximum absolute atomic E-state index is 10.5. The second-order valence-corrected chi connectivity index (χ2v) is 2.28. The van der Waals surface area contributed by atoms with Crippen LogP contribution in [0.4, 0.5) is 0 Å². The van der Waals surface area contributed by atoms with Crippen LogP contribution in [-0.2, 0) is 0 Å². The van der Waals surface area contributed by atoms with E-state index in [-0.39, 0.29) is 5.69 Å². The first-order chi connectivity index (χ1) is 4.70. The summed E-state index contributed by atoms with van der Waals surface area (Å²) in [6, 6.07) is 1.45. The molecule has 1 rings (SSSR count). The van der Waals surface area contributed by atoms with Crippen molar-refractivity contribution in [2.45, 2.75) is 0 Å². The Morgan fingerprint density at radius 3 is 2.80 bits per heavy atom. The molecule has 0 bridgehead atoms. The monoisotopic (exact) mass is 201 g/mol. The number of hydrogen-bond acceptors (Lipinski definition) is 3. The zero-order chi connectivity index (χ0) is 7.56. The quantitative estimate of drug-likeness (QED) is 0.667. The minimum absolute atomic E-state index is 0.210. The number of primary amides is 1. The van der Waals surface area contributed by atoms with Crippen LogP contribution < -0.4 is 5.73 Å². The summed E-state index contributed by atoms with van der Waals surface area (Å²) in [6.45, 7) is 0. The number of nitrogens with zero attached hydrogens (tertiary/aromatic N) is 2. The van der Waals surface area contributed by atoms with Gasteiger partial charge in [-0.15, -0.1) is 0 Å². The van der Waals surface area contributed by atoms with Gasteiger partial charge in [0.15, 0.2) is 4.73 Å². The molecule has 1 amide bonds. The minimum Gasteiger partial charge on any atom is -0.364 e. The van der Waals surface area contributed by atoms with Gasteiger partial charge in [0.2, 0.25) is 0 Å². The lowest BCUT2D eigenvalue weighted by atomic mass is 10.4. The topological polar surface area (TPSA) is 68.9 Å². The predicted molar refractivity (Wildman–Crippen MR) is 38.2 cm³/mol. The average Bonchev–Trinajstić information content (AvgIpc) is 1.88. The van der Waals surface area contributed by atoms with E-state index in [0.717, 1.165) is 0 Å². The second kappa shape index (κ2) is 2.74. The normalized spacial score (nSPS) is 9.30. The highest BCUT2D eigenvalue weighted by atomic mass is 79.9. The third-order valence-electron chi connectivity index (χ3n) is 0.879. The van der Waals surface area contributed by atoms with Gasteiger partial charge in [0.1, 0.15) is 5.69 Å².